The highest BCUT2D eigenvalue weighted by atomic mass is 16.1. The Bertz CT molecular complexity index is 913. The summed E-state index contributed by atoms with van der Waals surface area (Å²) in [5, 5.41) is 3.06. The van der Waals surface area contributed by atoms with Gasteiger partial charge in [0.1, 0.15) is 16.5 Å². The second-order valence-corrected chi connectivity index (χ2v) is 4.38. The predicted molar refractivity (Wildman–Crippen MR) is 77.0 cm³/mol. The van der Waals surface area contributed by atoms with E-state index in [1.54, 1.807) is 7.05 Å². The molecule has 0 saturated carbocycles. The first-order valence-corrected chi connectivity index (χ1v) is 6.01. The molecule has 1 aliphatic heterocycles. The zero-order chi connectivity index (χ0) is 14.3. The minimum Gasteiger partial charge on any atom is -0.339 e. The van der Waals surface area contributed by atoms with Gasteiger partial charge in [-0.1, -0.05) is 30.8 Å². The molecule has 0 spiro atoms. The number of nitrogens with zero attached hydrogens (tertiary/aromatic N) is 1. The van der Waals surface area contributed by atoms with Crippen LogP contribution in [0.3, 0.4) is 0 Å². The van der Waals surface area contributed by atoms with Gasteiger partial charge in [0.05, 0.1) is 5.70 Å². The molecular formula is C14H12N4O2. The molecule has 20 heavy (non-hydrogen) atoms. The third-order valence-corrected chi connectivity index (χ3v) is 3.15. The van der Waals surface area contributed by atoms with Crippen molar-refractivity contribution in [1.82, 2.24) is 15.3 Å². The van der Waals surface area contributed by atoms with Crippen molar-refractivity contribution in [2.75, 3.05) is 7.05 Å². The number of H-pyrrole nitrogens is 2. The summed E-state index contributed by atoms with van der Waals surface area (Å²) >= 11 is 0. The molecule has 3 N–H and O–H groups in total. The first-order chi connectivity index (χ1) is 9.61. The summed E-state index contributed by atoms with van der Waals surface area (Å²) in [7, 11) is 1.65. The maximum atomic E-state index is 12.0. The lowest BCUT2D eigenvalue weighted by Crippen LogP contribution is -2.50. The summed E-state index contributed by atoms with van der Waals surface area (Å²) in [6.45, 7) is 3.52. The van der Waals surface area contributed by atoms with Crippen LogP contribution in [-0.4, -0.2) is 22.9 Å². The molecule has 1 aromatic heterocycles. The van der Waals surface area contributed by atoms with E-state index in [9.17, 15) is 9.59 Å². The molecule has 0 saturated heterocycles. The van der Waals surface area contributed by atoms with E-state index in [0.717, 1.165) is 11.1 Å². The first-order valence-electron chi connectivity index (χ1n) is 6.01. The van der Waals surface area contributed by atoms with E-state index < -0.39 is 11.1 Å². The van der Waals surface area contributed by atoms with Gasteiger partial charge in [0.2, 0.25) is 0 Å². The van der Waals surface area contributed by atoms with Gasteiger partial charge in [-0.3, -0.25) is 14.6 Å². The number of benzene rings is 1. The zero-order valence-electron chi connectivity index (χ0n) is 10.8. The standard InChI is InChI=1S/C14H12N4O2/c1-7-16-13(19)10(14(20)17-7)11-8-5-3-4-6-9(8)12(15-2)18-11/h3-6H,1H2,2H3,(H,15,18)(H,16,19)(H,17,20). The van der Waals surface area contributed by atoms with Gasteiger partial charge in [0.15, 0.2) is 0 Å². The average Bonchev–Trinajstić information content (AvgIpc) is 2.77. The van der Waals surface area contributed by atoms with Crippen molar-refractivity contribution < 1.29 is 0 Å². The highest BCUT2D eigenvalue weighted by Crippen LogP contribution is 2.21. The van der Waals surface area contributed by atoms with Crippen LogP contribution >= 0.6 is 0 Å². The van der Waals surface area contributed by atoms with Crippen LogP contribution in [0.15, 0.2) is 38.8 Å². The second-order valence-electron chi connectivity index (χ2n) is 4.38. The molecule has 3 rings (SSSR count). The second kappa shape index (κ2) is 4.34. The monoisotopic (exact) mass is 268 g/mol. The Labute approximate surface area is 113 Å². The lowest BCUT2D eigenvalue weighted by atomic mass is 10.1. The Morgan fingerprint density at radius 2 is 1.65 bits per heavy atom. The third kappa shape index (κ3) is 1.70. The molecule has 1 aliphatic rings. The molecule has 6 nitrogen and oxygen atoms in total. The van der Waals surface area contributed by atoms with Crippen molar-refractivity contribution in [3.05, 3.63) is 66.8 Å². The summed E-state index contributed by atoms with van der Waals surface area (Å²) in [6, 6.07) is 7.45. The fourth-order valence-corrected chi connectivity index (χ4v) is 2.29. The molecule has 0 aliphatic carbocycles. The van der Waals surface area contributed by atoms with Crippen molar-refractivity contribution in [2.24, 2.45) is 4.99 Å². The van der Waals surface area contributed by atoms with Crippen LogP contribution in [0.5, 0.6) is 0 Å². The SMILES string of the molecule is C=c1[nH]c(=O)c(=C2NC(=NC)c3ccccc32)c(=O)[nH]1. The fourth-order valence-electron chi connectivity index (χ4n) is 2.29. The van der Waals surface area contributed by atoms with Gasteiger partial charge in [-0.15, -0.1) is 0 Å². The third-order valence-electron chi connectivity index (χ3n) is 3.15. The molecule has 2 aromatic rings. The van der Waals surface area contributed by atoms with Crippen molar-refractivity contribution in [1.29, 1.82) is 0 Å². The molecule has 0 atom stereocenters. The van der Waals surface area contributed by atoms with Gasteiger partial charge in [-0.25, -0.2) is 0 Å². The number of aromatic nitrogens is 2. The number of hydrogen-bond donors (Lipinski definition) is 3. The van der Waals surface area contributed by atoms with E-state index in [-0.39, 0.29) is 10.7 Å². The van der Waals surface area contributed by atoms with Crippen LogP contribution in [0.2, 0.25) is 0 Å². The van der Waals surface area contributed by atoms with Crippen molar-refractivity contribution >= 4 is 18.1 Å². The predicted octanol–water partition coefficient (Wildman–Crippen LogP) is -1.39. The van der Waals surface area contributed by atoms with Crippen LogP contribution in [0.4, 0.5) is 0 Å². The van der Waals surface area contributed by atoms with Gasteiger partial charge in [0, 0.05) is 18.2 Å². The number of nitrogens with one attached hydrogen (secondary N) is 3. The molecule has 0 unspecified atom stereocenters. The molecule has 0 amide bonds. The molecule has 100 valence electrons. The number of hydrogen-bond acceptors (Lipinski definition) is 3. The Morgan fingerprint density at radius 3 is 2.25 bits per heavy atom. The number of rotatable bonds is 0. The number of fused-ring (bicyclic) bond motifs is 1. The molecule has 0 fully saturated rings. The minimum atomic E-state index is -0.478. The Hall–Kier alpha value is -2.89. The van der Waals surface area contributed by atoms with Crippen LogP contribution in [0, 0.1) is 0 Å². The molecule has 1 aromatic carbocycles. The highest BCUT2D eigenvalue weighted by Gasteiger charge is 2.23. The van der Waals surface area contributed by atoms with E-state index in [4.69, 9.17) is 0 Å². The normalized spacial score (nSPS) is 15.2. The average molecular weight is 268 g/mol. The zero-order valence-corrected chi connectivity index (χ0v) is 10.8. The minimum absolute atomic E-state index is 0.0310. The van der Waals surface area contributed by atoms with Crippen molar-refractivity contribution in [2.45, 2.75) is 0 Å². The molecule has 0 bridgehead atoms. The van der Waals surface area contributed by atoms with Gasteiger partial charge in [0.25, 0.3) is 11.1 Å². The van der Waals surface area contributed by atoms with Crippen LogP contribution in [0.1, 0.15) is 11.1 Å². The van der Waals surface area contributed by atoms with E-state index in [2.05, 4.69) is 26.9 Å². The fraction of sp³-hybridized carbons (Fsp3) is 0.0714. The highest BCUT2D eigenvalue weighted by molar-refractivity contribution is 6.11. The summed E-state index contributed by atoms with van der Waals surface area (Å²) in [4.78, 5) is 33.2. The van der Waals surface area contributed by atoms with Gasteiger partial charge in [-0.05, 0) is 0 Å². The Balaban J connectivity index is 2.50. The first kappa shape index (κ1) is 12.2. The Morgan fingerprint density at radius 1 is 1.05 bits per heavy atom. The lowest BCUT2D eigenvalue weighted by molar-refractivity contribution is 0.984. The van der Waals surface area contributed by atoms with Crippen LogP contribution < -0.4 is 27.1 Å². The maximum absolute atomic E-state index is 12.0. The topological polar surface area (TPSA) is 90.1 Å². The van der Waals surface area contributed by atoms with Gasteiger partial charge in [-0.2, -0.15) is 0 Å². The molecule has 6 heteroatoms. The van der Waals surface area contributed by atoms with Gasteiger partial charge < -0.3 is 15.3 Å². The summed E-state index contributed by atoms with van der Waals surface area (Å²) in [5.74, 6) is 0.633. The van der Waals surface area contributed by atoms with Crippen molar-refractivity contribution in [3.8, 4) is 0 Å². The van der Waals surface area contributed by atoms with Crippen LogP contribution in [0.25, 0.3) is 12.3 Å². The van der Waals surface area contributed by atoms with Crippen molar-refractivity contribution in [3.63, 3.8) is 0 Å². The summed E-state index contributed by atoms with van der Waals surface area (Å²) in [5.41, 5.74) is 1.33. The van der Waals surface area contributed by atoms with Crippen LogP contribution in [-0.2, 0) is 0 Å². The van der Waals surface area contributed by atoms with E-state index in [1.165, 1.54) is 0 Å². The summed E-state index contributed by atoms with van der Waals surface area (Å²) < 4.78 is 0. The quantitative estimate of drug-likeness (QED) is 0.549. The summed E-state index contributed by atoms with van der Waals surface area (Å²) in [6.07, 6.45) is 0. The van der Waals surface area contributed by atoms with E-state index in [0.29, 0.717) is 11.5 Å². The van der Waals surface area contributed by atoms with Gasteiger partial charge >= 0.3 is 0 Å². The molecule has 2 heterocycles. The maximum Gasteiger partial charge on any atom is 0.264 e. The molecule has 0 radical (unpaired) electrons. The van der Waals surface area contributed by atoms with E-state index >= 15 is 0 Å². The Kier molecular flexibility index (Phi) is 2.64. The number of aliphatic imine (C=N–C) groups is 1. The number of aromatic amines is 2. The lowest BCUT2D eigenvalue weighted by Gasteiger charge is -1.99. The molecular weight excluding hydrogens is 256 g/mol. The number of amidine groups is 1. The largest absolute Gasteiger partial charge is 0.339 e. The smallest absolute Gasteiger partial charge is 0.264 e. The van der Waals surface area contributed by atoms with E-state index in [1.807, 2.05) is 24.3 Å².